The summed E-state index contributed by atoms with van der Waals surface area (Å²) < 4.78 is 7.40. The molecule has 6 heteroatoms. The summed E-state index contributed by atoms with van der Waals surface area (Å²) in [7, 11) is 1.63. The van der Waals surface area contributed by atoms with Crippen LogP contribution in [0.4, 0.5) is 5.69 Å². The van der Waals surface area contributed by atoms with Crippen molar-refractivity contribution in [3.63, 3.8) is 0 Å². The van der Waals surface area contributed by atoms with Gasteiger partial charge < -0.3 is 14.6 Å². The summed E-state index contributed by atoms with van der Waals surface area (Å²) in [5, 5.41) is 4.24. The van der Waals surface area contributed by atoms with Gasteiger partial charge in [0.05, 0.1) is 19.2 Å². The molecule has 1 N–H and O–H groups in total. The molecule has 0 bridgehead atoms. The van der Waals surface area contributed by atoms with E-state index in [-0.39, 0.29) is 17.9 Å². The van der Waals surface area contributed by atoms with Gasteiger partial charge in [0.1, 0.15) is 17.0 Å². The fourth-order valence-electron chi connectivity index (χ4n) is 5.28. The van der Waals surface area contributed by atoms with Gasteiger partial charge in [-0.15, -0.1) is 0 Å². The lowest BCUT2D eigenvalue weighted by Gasteiger charge is -2.44. The number of aryl methyl sites for hydroxylation is 1. The van der Waals surface area contributed by atoms with Crippen LogP contribution in [0.3, 0.4) is 0 Å². The van der Waals surface area contributed by atoms with Crippen LogP contribution in [0.15, 0.2) is 48.5 Å². The SMILES string of the molecule is COc1ccc2cc3n(c2c1)C[C@](C)(C(=O)NC1CCCCC1)N(c1ccc(C)cc1)C3=O. The van der Waals surface area contributed by atoms with E-state index < -0.39 is 5.54 Å². The second-order valence-corrected chi connectivity index (χ2v) is 9.60. The van der Waals surface area contributed by atoms with Crippen molar-refractivity contribution in [2.24, 2.45) is 0 Å². The van der Waals surface area contributed by atoms with Crippen LogP contribution in [0.5, 0.6) is 5.75 Å². The molecule has 0 radical (unpaired) electrons. The maximum Gasteiger partial charge on any atom is 0.275 e. The third kappa shape index (κ3) is 3.67. The summed E-state index contributed by atoms with van der Waals surface area (Å²) in [6.07, 6.45) is 5.48. The van der Waals surface area contributed by atoms with Crippen molar-refractivity contribution in [2.45, 2.75) is 64.1 Å². The smallest absolute Gasteiger partial charge is 0.275 e. The molecule has 2 aromatic carbocycles. The fourth-order valence-corrected chi connectivity index (χ4v) is 5.28. The van der Waals surface area contributed by atoms with E-state index in [1.54, 1.807) is 12.0 Å². The third-order valence-corrected chi connectivity index (χ3v) is 7.21. The number of aromatic nitrogens is 1. The van der Waals surface area contributed by atoms with Crippen LogP contribution in [0, 0.1) is 6.92 Å². The van der Waals surface area contributed by atoms with E-state index in [1.807, 2.05) is 66.9 Å². The van der Waals surface area contributed by atoms with Gasteiger partial charge in [0.25, 0.3) is 5.91 Å². The van der Waals surface area contributed by atoms with E-state index in [0.717, 1.165) is 53.6 Å². The molecule has 1 atom stereocenters. The highest BCUT2D eigenvalue weighted by atomic mass is 16.5. The molecule has 33 heavy (non-hydrogen) atoms. The Morgan fingerprint density at radius 1 is 1.06 bits per heavy atom. The van der Waals surface area contributed by atoms with Crippen LogP contribution in [0.1, 0.15) is 55.1 Å². The lowest BCUT2D eigenvalue weighted by atomic mass is 9.91. The number of fused-ring (bicyclic) bond motifs is 3. The van der Waals surface area contributed by atoms with Crippen molar-refractivity contribution in [3.05, 3.63) is 59.8 Å². The fraction of sp³-hybridized carbons (Fsp3) is 0.407. The Kier molecular flexibility index (Phi) is 5.39. The number of carbonyl (C=O) groups excluding carboxylic acids is 2. The zero-order valence-electron chi connectivity index (χ0n) is 19.6. The van der Waals surface area contributed by atoms with Gasteiger partial charge in [0.15, 0.2) is 0 Å². The number of methoxy groups -OCH3 is 1. The van der Waals surface area contributed by atoms with Crippen molar-refractivity contribution >= 4 is 28.4 Å². The summed E-state index contributed by atoms with van der Waals surface area (Å²) in [6, 6.07) is 15.7. The molecule has 6 nitrogen and oxygen atoms in total. The first-order valence-electron chi connectivity index (χ1n) is 11.8. The Morgan fingerprint density at radius 2 is 1.79 bits per heavy atom. The van der Waals surface area contributed by atoms with Crippen molar-refractivity contribution in [1.29, 1.82) is 0 Å². The Hall–Kier alpha value is -3.28. The number of nitrogens with zero attached hydrogens (tertiary/aromatic N) is 2. The molecular weight excluding hydrogens is 414 g/mol. The summed E-state index contributed by atoms with van der Waals surface area (Å²) in [4.78, 5) is 29.5. The zero-order chi connectivity index (χ0) is 23.2. The first-order valence-corrected chi connectivity index (χ1v) is 11.8. The molecule has 1 saturated carbocycles. The Morgan fingerprint density at radius 3 is 2.48 bits per heavy atom. The molecule has 1 aromatic heterocycles. The average molecular weight is 446 g/mol. The van der Waals surface area contributed by atoms with Crippen LogP contribution in [-0.4, -0.2) is 35.1 Å². The number of rotatable bonds is 4. The number of anilines is 1. The summed E-state index contributed by atoms with van der Waals surface area (Å²) in [5.41, 5.74) is 2.27. The summed E-state index contributed by atoms with van der Waals surface area (Å²) in [5.74, 6) is 0.463. The molecule has 3 aromatic rings. The second-order valence-electron chi connectivity index (χ2n) is 9.60. The average Bonchev–Trinajstić information content (AvgIpc) is 3.18. The van der Waals surface area contributed by atoms with Gasteiger partial charge in [-0.05, 0) is 57.0 Å². The van der Waals surface area contributed by atoms with E-state index in [4.69, 9.17) is 4.74 Å². The molecule has 172 valence electrons. The van der Waals surface area contributed by atoms with Crippen LogP contribution >= 0.6 is 0 Å². The van der Waals surface area contributed by atoms with Crippen molar-refractivity contribution in [3.8, 4) is 5.75 Å². The second kappa shape index (κ2) is 8.25. The highest BCUT2D eigenvalue weighted by molar-refractivity contribution is 6.14. The number of carbonyl (C=O) groups is 2. The first-order chi connectivity index (χ1) is 15.9. The predicted octanol–water partition coefficient (Wildman–Crippen LogP) is 4.83. The van der Waals surface area contributed by atoms with Crippen molar-refractivity contribution in [2.75, 3.05) is 12.0 Å². The monoisotopic (exact) mass is 445 g/mol. The Bertz CT molecular complexity index is 1210. The molecule has 2 heterocycles. The third-order valence-electron chi connectivity index (χ3n) is 7.21. The maximum absolute atomic E-state index is 13.9. The number of hydrogen-bond acceptors (Lipinski definition) is 3. The number of nitrogens with one attached hydrogen (secondary N) is 1. The minimum Gasteiger partial charge on any atom is -0.497 e. The van der Waals surface area contributed by atoms with Gasteiger partial charge in [0.2, 0.25) is 5.91 Å². The van der Waals surface area contributed by atoms with Gasteiger partial charge >= 0.3 is 0 Å². The molecule has 0 spiro atoms. The molecule has 1 fully saturated rings. The van der Waals surface area contributed by atoms with Crippen molar-refractivity contribution in [1.82, 2.24) is 9.88 Å². The van der Waals surface area contributed by atoms with Crippen LogP contribution in [0.2, 0.25) is 0 Å². The predicted molar refractivity (Wildman–Crippen MR) is 130 cm³/mol. The minimum absolute atomic E-state index is 0.0984. The number of amides is 2. The molecule has 1 aliphatic carbocycles. The lowest BCUT2D eigenvalue weighted by Crippen LogP contribution is -2.65. The molecule has 0 unspecified atom stereocenters. The van der Waals surface area contributed by atoms with Gasteiger partial charge in [0, 0.05) is 23.2 Å². The minimum atomic E-state index is -1.06. The number of benzene rings is 2. The molecule has 0 saturated heterocycles. The molecule has 2 amide bonds. The summed E-state index contributed by atoms with van der Waals surface area (Å²) >= 11 is 0. The number of ether oxygens (including phenoxy) is 1. The van der Waals surface area contributed by atoms with E-state index in [1.165, 1.54) is 6.42 Å². The van der Waals surface area contributed by atoms with Crippen LogP contribution in [-0.2, 0) is 11.3 Å². The molecular formula is C27H31N3O3. The van der Waals surface area contributed by atoms with Gasteiger partial charge in [-0.25, -0.2) is 0 Å². The topological polar surface area (TPSA) is 63.6 Å². The zero-order valence-corrected chi connectivity index (χ0v) is 19.6. The molecule has 5 rings (SSSR count). The number of hydrogen-bond donors (Lipinski definition) is 1. The van der Waals surface area contributed by atoms with Crippen LogP contribution in [0.25, 0.3) is 10.9 Å². The van der Waals surface area contributed by atoms with E-state index in [9.17, 15) is 9.59 Å². The normalized spacial score (nSPS) is 21.2. The first kappa shape index (κ1) is 21.6. The van der Waals surface area contributed by atoms with Gasteiger partial charge in [-0.2, -0.15) is 0 Å². The molecule has 2 aliphatic rings. The standard InChI is InChI=1S/C27H31N3O3/c1-18-9-12-21(13-10-18)30-25(31)24-15-19-11-14-22(33-3)16-23(19)29(24)17-27(30,2)26(32)28-20-7-5-4-6-8-20/h9-16,20H,4-8,17H2,1-3H3,(H,28,32)/t27-/m1/s1. The van der Waals surface area contributed by atoms with E-state index >= 15 is 0 Å². The Balaban J connectivity index is 1.62. The van der Waals surface area contributed by atoms with E-state index in [0.29, 0.717) is 12.2 Å². The highest BCUT2D eigenvalue weighted by Crippen LogP contribution is 2.37. The quantitative estimate of drug-likeness (QED) is 0.626. The highest BCUT2D eigenvalue weighted by Gasteiger charge is 2.49. The molecule has 1 aliphatic heterocycles. The lowest BCUT2D eigenvalue weighted by molar-refractivity contribution is -0.127. The van der Waals surface area contributed by atoms with E-state index in [2.05, 4.69) is 5.32 Å². The van der Waals surface area contributed by atoms with Crippen molar-refractivity contribution < 1.29 is 14.3 Å². The van der Waals surface area contributed by atoms with Gasteiger partial charge in [-0.3, -0.25) is 14.5 Å². The van der Waals surface area contributed by atoms with Gasteiger partial charge in [-0.1, -0.05) is 37.0 Å². The largest absolute Gasteiger partial charge is 0.497 e. The van der Waals surface area contributed by atoms with Crippen LogP contribution < -0.4 is 15.0 Å². The summed E-state index contributed by atoms with van der Waals surface area (Å²) in [6.45, 7) is 4.27. The maximum atomic E-state index is 13.9. The Labute approximate surface area is 194 Å².